The number of hydrogen-bond acceptors (Lipinski definition) is 3. The quantitative estimate of drug-likeness (QED) is 0.766. The molecule has 2 amide bonds. The van der Waals surface area contributed by atoms with Gasteiger partial charge in [-0.15, -0.1) is 0 Å². The van der Waals surface area contributed by atoms with Crippen molar-refractivity contribution in [3.05, 3.63) is 0 Å². The summed E-state index contributed by atoms with van der Waals surface area (Å²) in [6, 6.07) is 0. The number of nitrogens with two attached hydrogens (primary N) is 1. The molecule has 18 heavy (non-hydrogen) atoms. The van der Waals surface area contributed by atoms with E-state index in [0.29, 0.717) is 0 Å². The van der Waals surface area contributed by atoms with Crippen LogP contribution in [0.1, 0.15) is 13.8 Å². The lowest BCUT2D eigenvalue weighted by atomic mass is 10.0. The lowest BCUT2D eigenvalue weighted by molar-refractivity contribution is -0.179. The monoisotopic (exact) mass is 264 g/mol. The molecule has 0 spiro atoms. The number of carbonyl (C=O) groups excluding carboxylic acids is 2. The first kappa shape index (κ1) is 13.3. The predicted octanol–water partition coefficient (Wildman–Crippen LogP) is 0.765. The van der Waals surface area contributed by atoms with Gasteiger partial charge >= 0.3 is 6.18 Å². The molecule has 2 rings (SSSR count). The summed E-state index contributed by atoms with van der Waals surface area (Å²) >= 11 is 0. The van der Waals surface area contributed by atoms with Crippen LogP contribution < -0.4 is 5.73 Å². The molecule has 1 aliphatic heterocycles. The van der Waals surface area contributed by atoms with E-state index in [1.165, 1.54) is 0 Å². The van der Waals surface area contributed by atoms with Crippen LogP contribution in [-0.4, -0.2) is 36.0 Å². The highest BCUT2D eigenvalue weighted by Gasteiger charge is 2.72. The molecule has 7 heteroatoms. The third-order valence-electron chi connectivity index (χ3n) is 4.04. The summed E-state index contributed by atoms with van der Waals surface area (Å²) in [6.07, 6.45) is -4.49. The van der Waals surface area contributed by atoms with Crippen LogP contribution in [0.4, 0.5) is 13.2 Å². The Morgan fingerprint density at radius 3 is 2.06 bits per heavy atom. The minimum absolute atomic E-state index is 0.402. The number of piperidine rings is 1. The van der Waals surface area contributed by atoms with Crippen LogP contribution in [0.25, 0.3) is 0 Å². The van der Waals surface area contributed by atoms with Gasteiger partial charge in [0.05, 0.1) is 17.8 Å². The molecular formula is C11H15F3N2O2. The molecule has 0 radical (unpaired) electrons. The third-order valence-corrected chi connectivity index (χ3v) is 4.04. The summed E-state index contributed by atoms with van der Waals surface area (Å²) in [5.41, 5.74) is 4.66. The highest BCUT2D eigenvalue weighted by molar-refractivity contribution is 6.10. The number of fused-ring (bicyclic) bond motifs is 1. The van der Waals surface area contributed by atoms with Gasteiger partial charge in [0.25, 0.3) is 0 Å². The van der Waals surface area contributed by atoms with E-state index in [2.05, 4.69) is 0 Å². The maximum atomic E-state index is 12.6. The number of imide groups is 1. The molecule has 1 saturated heterocycles. The second-order valence-corrected chi connectivity index (χ2v) is 5.54. The standard InChI is InChI=1S/C11H15F3N2O2/c1-10(2)6-7(10)9(18)16(8(6)17)4-5(3-15)11(12,13)14/h5-7H,3-4,15H2,1-2H3. The summed E-state index contributed by atoms with van der Waals surface area (Å²) in [7, 11) is 0. The first-order valence-electron chi connectivity index (χ1n) is 5.74. The second kappa shape index (κ2) is 3.69. The van der Waals surface area contributed by atoms with E-state index >= 15 is 0 Å². The number of rotatable bonds is 3. The van der Waals surface area contributed by atoms with Gasteiger partial charge in [0.1, 0.15) is 0 Å². The number of nitrogens with zero attached hydrogens (tertiary/aromatic N) is 1. The summed E-state index contributed by atoms with van der Waals surface area (Å²) in [6.45, 7) is 2.28. The fraction of sp³-hybridized carbons (Fsp3) is 0.818. The van der Waals surface area contributed by atoms with Crippen LogP contribution in [0.2, 0.25) is 0 Å². The topological polar surface area (TPSA) is 63.4 Å². The molecule has 1 saturated carbocycles. The van der Waals surface area contributed by atoms with E-state index in [9.17, 15) is 22.8 Å². The van der Waals surface area contributed by atoms with Crippen molar-refractivity contribution in [1.29, 1.82) is 0 Å². The van der Waals surface area contributed by atoms with Gasteiger partial charge in [-0.25, -0.2) is 0 Å². The SMILES string of the molecule is CC1(C)C2C(=O)N(CC(CN)C(F)(F)F)C(=O)C21. The van der Waals surface area contributed by atoms with Crippen LogP contribution in [0.3, 0.4) is 0 Å². The Balaban J connectivity index is 2.09. The van der Waals surface area contributed by atoms with Crippen molar-refractivity contribution in [3.63, 3.8) is 0 Å². The maximum absolute atomic E-state index is 12.6. The van der Waals surface area contributed by atoms with Crippen molar-refractivity contribution >= 4 is 11.8 Å². The molecule has 2 aliphatic rings. The van der Waals surface area contributed by atoms with Gasteiger partial charge in [0, 0.05) is 13.1 Å². The fourth-order valence-corrected chi connectivity index (χ4v) is 2.72. The van der Waals surface area contributed by atoms with Gasteiger partial charge in [0.2, 0.25) is 11.8 Å². The van der Waals surface area contributed by atoms with E-state index in [4.69, 9.17) is 5.73 Å². The molecule has 4 nitrogen and oxygen atoms in total. The molecule has 0 aromatic carbocycles. The van der Waals surface area contributed by atoms with Gasteiger partial charge in [-0.2, -0.15) is 13.2 Å². The third kappa shape index (κ3) is 1.72. The molecule has 0 bridgehead atoms. The minimum atomic E-state index is -4.49. The van der Waals surface area contributed by atoms with Gasteiger partial charge in [0.15, 0.2) is 0 Å². The number of carbonyl (C=O) groups is 2. The Morgan fingerprint density at radius 2 is 1.72 bits per heavy atom. The molecule has 3 atom stereocenters. The Morgan fingerprint density at radius 1 is 1.28 bits per heavy atom. The molecule has 0 aromatic rings. The van der Waals surface area contributed by atoms with Crippen molar-refractivity contribution in [2.24, 2.45) is 28.9 Å². The number of halogens is 3. The summed E-state index contributed by atoms with van der Waals surface area (Å²) < 4.78 is 37.7. The highest BCUT2D eigenvalue weighted by Crippen LogP contribution is 2.63. The highest BCUT2D eigenvalue weighted by atomic mass is 19.4. The normalized spacial score (nSPS) is 31.6. The van der Waals surface area contributed by atoms with Gasteiger partial charge < -0.3 is 5.73 Å². The zero-order chi connectivity index (χ0) is 13.9. The molecule has 1 aliphatic carbocycles. The van der Waals surface area contributed by atoms with Gasteiger partial charge in [-0.3, -0.25) is 14.5 Å². The predicted molar refractivity (Wildman–Crippen MR) is 56.1 cm³/mol. The van der Waals surface area contributed by atoms with Crippen molar-refractivity contribution in [1.82, 2.24) is 4.90 Å². The first-order chi connectivity index (χ1) is 8.12. The van der Waals surface area contributed by atoms with Crippen molar-refractivity contribution in [2.75, 3.05) is 13.1 Å². The molecule has 0 aromatic heterocycles. The van der Waals surface area contributed by atoms with E-state index in [0.717, 1.165) is 4.90 Å². The van der Waals surface area contributed by atoms with Crippen LogP contribution in [0.5, 0.6) is 0 Å². The Bertz CT molecular complexity index is 382. The van der Waals surface area contributed by atoms with Crippen LogP contribution in [0, 0.1) is 23.2 Å². The average molecular weight is 264 g/mol. The molecule has 102 valence electrons. The molecule has 1 heterocycles. The molecule has 2 N–H and O–H groups in total. The lowest BCUT2D eigenvalue weighted by Crippen LogP contribution is -2.45. The summed E-state index contributed by atoms with van der Waals surface area (Å²) in [5, 5.41) is 0. The number of hydrogen-bond donors (Lipinski definition) is 1. The lowest BCUT2D eigenvalue weighted by Gasteiger charge is -2.26. The van der Waals surface area contributed by atoms with E-state index < -0.39 is 54.2 Å². The summed E-state index contributed by atoms with van der Waals surface area (Å²) in [5.74, 6) is -3.71. The number of amides is 2. The molecule has 2 fully saturated rings. The largest absolute Gasteiger partial charge is 0.394 e. The second-order valence-electron chi connectivity index (χ2n) is 5.54. The molecule has 3 unspecified atom stereocenters. The van der Waals surface area contributed by atoms with Crippen LogP contribution >= 0.6 is 0 Å². The van der Waals surface area contributed by atoms with Crippen molar-refractivity contribution < 1.29 is 22.8 Å². The van der Waals surface area contributed by atoms with E-state index in [-0.39, 0.29) is 0 Å². The van der Waals surface area contributed by atoms with Gasteiger partial charge in [-0.1, -0.05) is 13.8 Å². The van der Waals surface area contributed by atoms with E-state index in [1.54, 1.807) is 13.8 Å². The Hall–Kier alpha value is -1.11. The average Bonchev–Trinajstić information content (AvgIpc) is 2.68. The van der Waals surface area contributed by atoms with Crippen LogP contribution in [-0.2, 0) is 9.59 Å². The van der Waals surface area contributed by atoms with Crippen molar-refractivity contribution in [2.45, 2.75) is 20.0 Å². The fourth-order valence-electron chi connectivity index (χ4n) is 2.72. The first-order valence-corrected chi connectivity index (χ1v) is 5.74. The maximum Gasteiger partial charge on any atom is 0.394 e. The zero-order valence-corrected chi connectivity index (χ0v) is 10.1. The minimum Gasteiger partial charge on any atom is -0.330 e. The summed E-state index contributed by atoms with van der Waals surface area (Å²) in [4.78, 5) is 24.4. The number of likely N-dealkylation sites (tertiary alicyclic amines) is 1. The Labute approximate surface area is 102 Å². The van der Waals surface area contributed by atoms with Gasteiger partial charge in [-0.05, 0) is 5.41 Å². The smallest absolute Gasteiger partial charge is 0.330 e. The molecular weight excluding hydrogens is 249 g/mol. The van der Waals surface area contributed by atoms with E-state index in [1.807, 2.05) is 0 Å². The zero-order valence-electron chi connectivity index (χ0n) is 10.1. The van der Waals surface area contributed by atoms with Crippen LogP contribution in [0.15, 0.2) is 0 Å². The van der Waals surface area contributed by atoms with Crippen molar-refractivity contribution in [3.8, 4) is 0 Å². The Kier molecular flexibility index (Phi) is 2.73. The number of alkyl halides is 3.